The first kappa shape index (κ1) is 10.5. The molecule has 0 N–H and O–H groups in total. The first-order valence-corrected chi connectivity index (χ1v) is 6.84. The molecule has 2 aliphatic carbocycles. The highest BCUT2D eigenvalue weighted by Gasteiger charge is 2.23. The Bertz CT molecular complexity index is 155. The van der Waals surface area contributed by atoms with Gasteiger partial charge in [0.05, 0.1) is 0 Å². The van der Waals surface area contributed by atoms with Gasteiger partial charge in [-0.05, 0) is 30.6 Å². The van der Waals surface area contributed by atoms with Crippen molar-refractivity contribution in [3.63, 3.8) is 0 Å². The smallest absolute Gasteiger partial charge is 0.0409 e. The van der Waals surface area contributed by atoms with Crippen LogP contribution in [0.1, 0.15) is 71.1 Å². The summed E-state index contributed by atoms with van der Waals surface area (Å²) in [5.41, 5.74) is 0. The molecule has 0 radical (unpaired) electrons. The predicted molar refractivity (Wildman–Crippen MR) is 62.3 cm³/mol. The summed E-state index contributed by atoms with van der Waals surface area (Å²) in [6.07, 6.45) is 15.3. The second kappa shape index (κ2) is 5.19. The molecule has 0 aromatic heterocycles. The van der Waals surface area contributed by atoms with Crippen LogP contribution in [0.2, 0.25) is 0 Å². The van der Waals surface area contributed by atoms with Crippen LogP contribution in [0, 0.1) is 17.8 Å². The standard InChI is InChI=1S/C14H26/c1-12-6-5-9-14(10-12)11-13-7-3-2-4-8-13/h12-14H,2-11H2,1H3/t12-,14+/m0/s1. The lowest BCUT2D eigenvalue weighted by Crippen LogP contribution is -2.18. The minimum absolute atomic E-state index is 1.03. The van der Waals surface area contributed by atoms with Crippen LogP contribution in [0.15, 0.2) is 0 Å². The van der Waals surface area contributed by atoms with Crippen molar-refractivity contribution in [2.24, 2.45) is 17.8 Å². The van der Waals surface area contributed by atoms with E-state index in [9.17, 15) is 0 Å². The Labute approximate surface area is 89.5 Å². The molecular weight excluding hydrogens is 168 g/mol. The van der Waals surface area contributed by atoms with Crippen molar-refractivity contribution < 1.29 is 0 Å². The van der Waals surface area contributed by atoms with E-state index in [4.69, 9.17) is 0 Å². The molecule has 2 rings (SSSR count). The summed E-state index contributed by atoms with van der Waals surface area (Å²) in [6, 6.07) is 0. The SMILES string of the molecule is C[C@H]1CCC[C@@H](CC2CCCCC2)C1. The lowest BCUT2D eigenvalue weighted by atomic mass is 9.75. The fourth-order valence-corrected chi connectivity index (χ4v) is 3.67. The van der Waals surface area contributed by atoms with E-state index < -0.39 is 0 Å². The number of hydrogen-bond donors (Lipinski definition) is 0. The van der Waals surface area contributed by atoms with Gasteiger partial charge in [0.25, 0.3) is 0 Å². The van der Waals surface area contributed by atoms with Crippen LogP contribution in [0.3, 0.4) is 0 Å². The lowest BCUT2D eigenvalue weighted by molar-refractivity contribution is 0.212. The van der Waals surface area contributed by atoms with Crippen LogP contribution in [-0.2, 0) is 0 Å². The summed E-state index contributed by atoms with van der Waals surface area (Å²) < 4.78 is 0. The molecule has 0 aromatic carbocycles. The van der Waals surface area contributed by atoms with Gasteiger partial charge in [-0.2, -0.15) is 0 Å². The third-order valence-electron chi connectivity index (χ3n) is 4.44. The van der Waals surface area contributed by atoms with Crippen molar-refractivity contribution in [1.82, 2.24) is 0 Å². The molecule has 0 aromatic rings. The fourth-order valence-electron chi connectivity index (χ4n) is 3.67. The molecule has 0 saturated heterocycles. The molecule has 0 spiro atoms. The summed E-state index contributed by atoms with van der Waals surface area (Å²) in [5.74, 6) is 3.23. The monoisotopic (exact) mass is 194 g/mol. The second-order valence-corrected chi connectivity index (χ2v) is 5.88. The molecule has 0 bridgehead atoms. The minimum atomic E-state index is 1.03. The Hall–Kier alpha value is 0. The van der Waals surface area contributed by atoms with Crippen LogP contribution in [0.25, 0.3) is 0 Å². The Balaban J connectivity index is 1.72. The summed E-state index contributed by atoms with van der Waals surface area (Å²) in [7, 11) is 0. The third kappa shape index (κ3) is 3.00. The molecule has 0 nitrogen and oxygen atoms in total. The molecule has 2 aliphatic rings. The second-order valence-electron chi connectivity index (χ2n) is 5.88. The van der Waals surface area contributed by atoms with Crippen molar-refractivity contribution in [3.8, 4) is 0 Å². The highest BCUT2D eigenvalue weighted by Crippen LogP contribution is 2.36. The van der Waals surface area contributed by atoms with Gasteiger partial charge in [0.15, 0.2) is 0 Å². The maximum atomic E-state index is 2.45. The summed E-state index contributed by atoms with van der Waals surface area (Å²) in [6.45, 7) is 2.45. The van der Waals surface area contributed by atoms with Gasteiger partial charge in [-0.15, -0.1) is 0 Å². The zero-order chi connectivity index (χ0) is 9.80. The van der Waals surface area contributed by atoms with Crippen LogP contribution in [-0.4, -0.2) is 0 Å². The van der Waals surface area contributed by atoms with Gasteiger partial charge >= 0.3 is 0 Å². The molecule has 2 saturated carbocycles. The first-order valence-electron chi connectivity index (χ1n) is 6.84. The molecule has 14 heavy (non-hydrogen) atoms. The topological polar surface area (TPSA) is 0 Å². The van der Waals surface area contributed by atoms with E-state index >= 15 is 0 Å². The Kier molecular flexibility index (Phi) is 3.89. The molecule has 0 aliphatic heterocycles. The molecule has 0 heterocycles. The van der Waals surface area contributed by atoms with Gasteiger partial charge in [0, 0.05) is 0 Å². The molecule has 82 valence electrons. The van der Waals surface area contributed by atoms with Gasteiger partial charge < -0.3 is 0 Å². The van der Waals surface area contributed by atoms with Gasteiger partial charge in [-0.3, -0.25) is 0 Å². The van der Waals surface area contributed by atoms with Crippen molar-refractivity contribution in [2.45, 2.75) is 71.1 Å². The van der Waals surface area contributed by atoms with Crippen molar-refractivity contribution in [3.05, 3.63) is 0 Å². The van der Waals surface area contributed by atoms with Crippen molar-refractivity contribution in [1.29, 1.82) is 0 Å². The summed E-state index contributed by atoms with van der Waals surface area (Å²) in [4.78, 5) is 0. The largest absolute Gasteiger partial charge is 0.0625 e. The maximum absolute atomic E-state index is 2.45. The van der Waals surface area contributed by atoms with E-state index in [0.29, 0.717) is 0 Å². The van der Waals surface area contributed by atoms with E-state index in [0.717, 1.165) is 17.8 Å². The van der Waals surface area contributed by atoms with Gasteiger partial charge in [-0.1, -0.05) is 58.3 Å². The Morgan fingerprint density at radius 3 is 2.21 bits per heavy atom. The normalized spacial score (nSPS) is 35.8. The van der Waals surface area contributed by atoms with Crippen molar-refractivity contribution in [2.75, 3.05) is 0 Å². The van der Waals surface area contributed by atoms with Crippen LogP contribution in [0.5, 0.6) is 0 Å². The Morgan fingerprint density at radius 2 is 1.50 bits per heavy atom. The zero-order valence-electron chi connectivity index (χ0n) is 9.80. The summed E-state index contributed by atoms with van der Waals surface area (Å²) in [5, 5.41) is 0. The molecular formula is C14H26. The Morgan fingerprint density at radius 1 is 0.786 bits per heavy atom. The molecule has 2 atom stereocenters. The lowest BCUT2D eigenvalue weighted by Gasteiger charge is -2.31. The van der Waals surface area contributed by atoms with E-state index in [1.54, 1.807) is 25.7 Å². The first-order chi connectivity index (χ1) is 6.84. The van der Waals surface area contributed by atoms with E-state index in [1.807, 2.05) is 0 Å². The molecule has 0 heteroatoms. The highest BCUT2D eigenvalue weighted by atomic mass is 14.3. The summed E-state index contributed by atoms with van der Waals surface area (Å²) >= 11 is 0. The van der Waals surface area contributed by atoms with Crippen molar-refractivity contribution >= 4 is 0 Å². The zero-order valence-corrected chi connectivity index (χ0v) is 9.80. The number of hydrogen-bond acceptors (Lipinski definition) is 0. The van der Waals surface area contributed by atoms with Gasteiger partial charge in [-0.25, -0.2) is 0 Å². The minimum Gasteiger partial charge on any atom is -0.0625 e. The highest BCUT2D eigenvalue weighted by molar-refractivity contribution is 4.75. The number of rotatable bonds is 2. The fraction of sp³-hybridized carbons (Fsp3) is 1.00. The average molecular weight is 194 g/mol. The quantitative estimate of drug-likeness (QED) is 0.593. The van der Waals surface area contributed by atoms with E-state index in [2.05, 4.69) is 6.92 Å². The van der Waals surface area contributed by atoms with E-state index in [1.165, 1.54) is 38.5 Å². The van der Waals surface area contributed by atoms with Gasteiger partial charge in [0.2, 0.25) is 0 Å². The molecule has 2 fully saturated rings. The predicted octanol–water partition coefficient (Wildman–Crippen LogP) is 4.78. The molecule has 0 unspecified atom stereocenters. The van der Waals surface area contributed by atoms with Crippen LogP contribution >= 0.6 is 0 Å². The van der Waals surface area contributed by atoms with E-state index in [-0.39, 0.29) is 0 Å². The third-order valence-corrected chi connectivity index (χ3v) is 4.44. The van der Waals surface area contributed by atoms with Crippen LogP contribution in [0.4, 0.5) is 0 Å². The van der Waals surface area contributed by atoms with Gasteiger partial charge in [0.1, 0.15) is 0 Å². The maximum Gasteiger partial charge on any atom is -0.0409 e. The molecule has 0 amide bonds. The van der Waals surface area contributed by atoms with Crippen LogP contribution < -0.4 is 0 Å². The average Bonchev–Trinajstić information content (AvgIpc) is 2.19.